The molecule has 0 saturated heterocycles. The van der Waals surface area contributed by atoms with Gasteiger partial charge in [0, 0.05) is 19.1 Å². The Morgan fingerprint density at radius 1 is 1.15 bits per heavy atom. The highest BCUT2D eigenvalue weighted by Gasteiger charge is 2.28. The minimum Gasteiger partial charge on any atom is -0.391 e. The van der Waals surface area contributed by atoms with E-state index in [0.717, 1.165) is 30.5 Å². The number of fused-ring (bicyclic) bond motifs is 1. The summed E-state index contributed by atoms with van der Waals surface area (Å²) in [4.78, 5) is 0.290. The summed E-state index contributed by atoms with van der Waals surface area (Å²) >= 11 is 0. The van der Waals surface area contributed by atoms with E-state index < -0.39 is 16.1 Å². The highest BCUT2D eigenvalue weighted by atomic mass is 32.2. The normalized spacial score (nSPS) is 26.4. The second kappa shape index (κ2) is 5.44. The van der Waals surface area contributed by atoms with Crippen LogP contribution in [0.4, 0.5) is 0 Å². The molecule has 1 heterocycles. The first-order chi connectivity index (χ1) is 9.56. The summed E-state index contributed by atoms with van der Waals surface area (Å²) in [6, 6.07) is 4.87. The Hall–Kier alpha value is -0.950. The van der Waals surface area contributed by atoms with Gasteiger partial charge in [0.15, 0.2) is 0 Å². The van der Waals surface area contributed by atoms with E-state index in [9.17, 15) is 13.5 Å². The number of hydrogen-bond acceptors (Lipinski definition) is 4. The second-order valence-corrected chi connectivity index (χ2v) is 7.33. The summed E-state index contributed by atoms with van der Waals surface area (Å²) in [5.41, 5.74) is 2.19. The van der Waals surface area contributed by atoms with Crippen molar-refractivity contribution in [1.29, 1.82) is 0 Å². The average Bonchev–Trinajstić information content (AvgIpc) is 2.88. The van der Waals surface area contributed by atoms with Crippen molar-refractivity contribution >= 4 is 10.0 Å². The largest absolute Gasteiger partial charge is 0.391 e. The Morgan fingerprint density at radius 3 is 2.70 bits per heavy atom. The molecule has 2 atom stereocenters. The van der Waals surface area contributed by atoms with E-state index in [4.69, 9.17) is 0 Å². The van der Waals surface area contributed by atoms with Crippen LogP contribution in [-0.4, -0.2) is 25.7 Å². The van der Waals surface area contributed by atoms with E-state index in [1.165, 1.54) is 0 Å². The van der Waals surface area contributed by atoms with Gasteiger partial charge in [-0.3, -0.25) is 0 Å². The summed E-state index contributed by atoms with van der Waals surface area (Å²) in [7, 11) is -3.55. The van der Waals surface area contributed by atoms with Gasteiger partial charge in [-0.15, -0.1) is 0 Å². The van der Waals surface area contributed by atoms with Crippen LogP contribution >= 0.6 is 0 Å². The molecule has 0 spiro atoms. The number of aliphatic hydroxyl groups is 1. The van der Waals surface area contributed by atoms with Gasteiger partial charge in [-0.05, 0) is 36.1 Å². The summed E-state index contributed by atoms with van der Waals surface area (Å²) in [6.07, 6.45) is 2.71. The third-order valence-electron chi connectivity index (χ3n) is 4.15. The Bertz CT molecular complexity index is 600. The molecule has 1 fully saturated rings. The van der Waals surface area contributed by atoms with Gasteiger partial charge >= 0.3 is 0 Å². The van der Waals surface area contributed by atoms with Gasteiger partial charge in [0.25, 0.3) is 0 Å². The molecule has 110 valence electrons. The molecule has 0 bridgehead atoms. The van der Waals surface area contributed by atoms with Gasteiger partial charge in [0.2, 0.25) is 10.0 Å². The van der Waals surface area contributed by atoms with E-state index in [2.05, 4.69) is 10.0 Å². The fourth-order valence-electron chi connectivity index (χ4n) is 2.95. The first-order valence-electron chi connectivity index (χ1n) is 7.09. The van der Waals surface area contributed by atoms with E-state index in [0.29, 0.717) is 19.4 Å². The molecule has 5 nitrogen and oxygen atoms in total. The number of sulfonamides is 1. The molecular weight excluding hydrogens is 276 g/mol. The predicted octanol–water partition coefficient (Wildman–Crippen LogP) is 0.872. The molecule has 0 aromatic heterocycles. The minimum absolute atomic E-state index is 0.290. The second-order valence-electron chi connectivity index (χ2n) is 5.61. The summed E-state index contributed by atoms with van der Waals surface area (Å²) in [5, 5.41) is 13.1. The third kappa shape index (κ3) is 2.74. The van der Waals surface area contributed by atoms with Crippen LogP contribution in [0, 0.1) is 0 Å². The predicted molar refractivity (Wildman–Crippen MR) is 75.6 cm³/mol. The van der Waals surface area contributed by atoms with Crippen molar-refractivity contribution in [3.05, 3.63) is 29.3 Å². The van der Waals surface area contributed by atoms with Crippen LogP contribution in [-0.2, 0) is 23.1 Å². The fourth-order valence-corrected chi connectivity index (χ4v) is 4.31. The van der Waals surface area contributed by atoms with Crippen LogP contribution in [0.2, 0.25) is 0 Å². The lowest BCUT2D eigenvalue weighted by Crippen LogP contribution is -2.44. The first-order valence-corrected chi connectivity index (χ1v) is 8.57. The molecule has 6 heteroatoms. The van der Waals surface area contributed by atoms with Gasteiger partial charge in [-0.2, -0.15) is 0 Å². The number of aliphatic hydroxyl groups excluding tert-OH is 1. The monoisotopic (exact) mass is 296 g/mol. The quantitative estimate of drug-likeness (QED) is 0.773. The van der Waals surface area contributed by atoms with Crippen LogP contribution in [0.15, 0.2) is 23.1 Å². The van der Waals surface area contributed by atoms with Crippen molar-refractivity contribution in [2.45, 2.75) is 55.8 Å². The maximum Gasteiger partial charge on any atom is 0.240 e. The molecule has 1 saturated carbocycles. The van der Waals surface area contributed by atoms with Crippen LogP contribution < -0.4 is 10.0 Å². The van der Waals surface area contributed by atoms with E-state index in [-0.39, 0.29) is 10.9 Å². The molecule has 3 rings (SSSR count). The fraction of sp³-hybridized carbons (Fsp3) is 0.571. The van der Waals surface area contributed by atoms with Crippen molar-refractivity contribution in [3.8, 4) is 0 Å². The molecular formula is C14H20N2O3S. The summed E-state index contributed by atoms with van der Waals surface area (Å²) < 4.78 is 27.5. The van der Waals surface area contributed by atoms with Gasteiger partial charge < -0.3 is 10.4 Å². The summed E-state index contributed by atoms with van der Waals surface area (Å²) in [5.74, 6) is 0. The van der Waals surface area contributed by atoms with E-state index in [1.807, 2.05) is 6.07 Å². The van der Waals surface area contributed by atoms with Crippen LogP contribution in [0.5, 0.6) is 0 Å². The average molecular weight is 296 g/mol. The van der Waals surface area contributed by atoms with Gasteiger partial charge in [-0.25, -0.2) is 13.1 Å². The molecule has 2 aliphatic rings. The minimum atomic E-state index is -3.55. The lowest BCUT2D eigenvalue weighted by molar-refractivity contribution is 0.101. The zero-order valence-corrected chi connectivity index (χ0v) is 12.1. The van der Waals surface area contributed by atoms with Gasteiger partial charge in [0.05, 0.1) is 11.0 Å². The van der Waals surface area contributed by atoms with Crippen molar-refractivity contribution in [3.63, 3.8) is 0 Å². The number of rotatable bonds is 3. The van der Waals surface area contributed by atoms with Gasteiger partial charge in [0.1, 0.15) is 0 Å². The van der Waals surface area contributed by atoms with Crippen LogP contribution in [0.1, 0.15) is 36.8 Å². The Balaban J connectivity index is 1.81. The SMILES string of the molecule is O=S(=O)(NC1CCCCC1O)c1ccc2c(c1)CNC2. The molecule has 2 unspecified atom stereocenters. The topological polar surface area (TPSA) is 78.4 Å². The number of hydrogen-bond donors (Lipinski definition) is 3. The van der Waals surface area contributed by atoms with Crippen molar-refractivity contribution in [1.82, 2.24) is 10.0 Å². The lowest BCUT2D eigenvalue weighted by atomic mass is 9.93. The molecule has 3 N–H and O–H groups in total. The molecule has 1 aliphatic carbocycles. The maximum atomic E-state index is 12.4. The van der Waals surface area contributed by atoms with Gasteiger partial charge in [-0.1, -0.05) is 18.9 Å². The first kappa shape index (κ1) is 14.0. The smallest absolute Gasteiger partial charge is 0.240 e. The summed E-state index contributed by atoms with van der Waals surface area (Å²) in [6.45, 7) is 1.51. The van der Waals surface area contributed by atoms with Crippen molar-refractivity contribution < 1.29 is 13.5 Å². The lowest BCUT2D eigenvalue weighted by Gasteiger charge is -2.28. The highest BCUT2D eigenvalue weighted by Crippen LogP contribution is 2.23. The zero-order valence-electron chi connectivity index (χ0n) is 11.3. The van der Waals surface area contributed by atoms with E-state index >= 15 is 0 Å². The maximum absolute atomic E-state index is 12.4. The van der Waals surface area contributed by atoms with Crippen molar-refractivity contribution in [2.24, 2.45) is 0 Å². The molecule has 1 aliphatic heterocycles. The highest BCUT2D eigenvalue weighted by molar-refractivity contribution is 7.89. The molecule has 1 aromatic rings. The number of benzene rings is 1. The molecule has 1 aromatic carbocycles. The number of nitrogens with one attached hydrogen (secondary N) is 2. The van der Waals surface area contributed by atoms with Crippen molar-refractivity contribution in [2.75, 3.05) is 0 Å². The van der Waals surface area contributed by atoms with Crippen LogP contribution in [0.3, 0.4) is 0 Å². The molecule has 20 heavy (non-hydrogen) atoms. The molecule has 0 radical (unpaired) electrons. The van der Waals surface area contributed by atoms with E-state index in [1.54, 1.807) is 12.1 Å². The van der Waals surface area contributed by atoms with Crippen LogP contribution in [0.25, 0.3) is 0 Å². The molecule has 0 amide bonds. The zero-order chi connectivity index (χ0) is 14.2. The Labute approximate surface area is 119 Å². The Kier molecular flexibility index (Phi) is 3.81. The third-order valence-corrected chi connectivity index (χ3v) is 5.64. The standard InChI is InChI=1S/C14H20N2O3S/c17-14-4-2-1-3-13(14)16-20(18,19)12-6-5-10-8-15-9-11(10)7-12/h5-7,13-17H,1-4,8-9H2. The Morgan fingerprint density at radius 2 is 1.90 bits per heavy atom.